The summed E-state index contributed by atoms with van der Waals surface area (Å²) in [6, 6.07) is 9.44. The maximum atomic E-state index is 13.1. The number of carbonyl (C=O) groups excluding carboxylic acids is 2. The Hall–Kier alpha value is -2.96. The minimum atomic E-state index is -4.63. The summed E-state index contributed by atoms with van der Waals surface area (Å²) < 4.78 is 64.8. The zero-order valence-corrected chi connectivity index (χ0v) is 19.3. The van der Waals surface area contributed by atoms with E-state index in [9.17, 15) is 31.2 Å². The predicted octanol–water partition coefficient (Wildman–Crippen LogP) is 2.85. The molecule has 0 spiro atoms. The van der Waals surface area contributed by atoms with Gasteiger partial charge in [-0.05, 0) is 44.3 Å². The number of hydrogen-bond donors (Lipinski definition) is 2. The molecule has 8 nitrogen and oxygen atoms in total. The van der Waals surface area contributed by atoms with Crippen molar-refractivity contribution in [2.24, 2.45) is 0 Å². The van der Waals surface area contributed by atoms with E-state index in [1.165, 1.54) is 69.4 Å². The lowest BCUT2D eigenvalue weighted by Crippen LogP contribution is -2.43. The third-order valence-corrected chi connectivity index (χ3v) is 6.63. The summed E-state index contributed by atoms with van der Waals surface area (Å²) in [5.74, 6) is -1.26. The van der Waals surface area contributed by atoms with Gasteiger partial charge in [0.1, 0.15) is 0 Å². The lowest BCUT2D eigenvalue weighted by Gasteiger charge is -2.24. The minimum Gasteiger partial charge on any atom is -0.325 e. The SMILES string of the molecule is C[C@@H](C(=O)Nc1cccc(S(=O)(=O)N(C)C)c1)N(C)CC(=O)Nc1ccccc1C(F)(F)F. The molecule has 2 N–H and O–H groups in total. The summed E-state index contributed by atoms with van der Waals surface area (Å²) >= 11 is 0. The molecule has 0 aromatic heterocycles. The Morgan fingerprint density at radius 3 is 2.24 bits per heavy atom. The number of sulfonamides is 1. The molecule has 0 aliphatic carbocycles. The monoisotopic (exact) mass is 486 g/mol. The number of nitrogens with zero attached hydrogens (tertiary/aromatic N) is 2. The largest absolute Gasteiger partial charge is 0.418 e. The molecule has 2 aromatic rings. The predicted molar refractivity (Wildman–Crippen MR) is 118 cm³/mol. The molecule has 0 radical (unpaired) electrons. The van der Waals surface area contributed by atoms with Crippen molar-refractivity contribution < 1.29 is 31.2 Å². The first kappa shape index (κ1) is 26.3. The highest BCUT2D eigenvalue weighted by Gasteiger charge is 2.33. The second kappa shape index (κ2) is 10.3. The average molecular weight is 487 g/mol. The molecule has 1 atom stereocenters. The molecular formula is C21H25F3N4O4S. The number of nitrogens with one attached hydrogen (secondary N) is 2. The average Bonchev–Trinajstić information content (AvgIpc) is 2.72. The van der Waals surface area contributed by atoms with Gasteiger partial charge in [0.25, 0.3) is 0 Å². The van der Waals surface area contributed by atoms with Gasteiger partial charge < -0.3 is 10.6 Å². The normalized spacial score (nSPS) is 13.1. The fourth-order valence-corrected chi connectivity index (χ4v) is 3.73. The first-order valence-electron chi connectivity index (χ1n) is 9.73. The van der Waals surface area contributed by atoms with E-state index in [2.05, 4.69) is 10.6 Å². The molecule has 180 valence electrons. The number of likely N-dealkylation sites (N-methyl/N-ethyl adjacent to an activating group) is 1. The Morgan fingerprint density at radius 1 is 1.00 bits per heavy atom. The van der Waals surface area contributed by atoms with Gasteiger partial charge in [0.05, 0.1) is 28.7 Å². The highest BCUT2D eigenvalue weighted by atomic mass is 32.2. The van der Waals surface area contributed by atoms with E-state index in [1.807, 2.05) is 0 Å². The van der Waals surface area contributed by atoms with Gasteiger partial charge in [-0.15, -0.1) is 0 Å². The molecule has 0 bridgehead atoms. The maximum absolute atomic E-state index is 13.1. The maximum Gasteiger partial charge on any atom is 0.418 e. The van der Waals surface area contributed by atoms with E-state index in [0.717, 1.165) is 16.4 Å². The fourth-order valence-electron chi connectivity index (χ4n) is 2.78. The van der Waals surface area contributed by atoms with Gasteiger partial charge >= 0.3 is 6.18 Å². The van der Waals surface area contributed by atoms with Crippen LogP contribution in [-0.2, 0) is 25.8 Å². The number of para-hydroxylation sites is 1. The van der Waals surface area contributed by atoms with Crippen molar-refractivity contribution in [2.45, 2.75) is 24.0 Å². The molecule has 2 rings (SSSR count). The van der Waals surface area contributed by atoms with Gasteiger partial charge in [-0.2, -0.15) is 13.2 Å². The van der Waals surface area contributed by atoms with Crippen LogP contribution in [-0.4, -0.2) is 63.2 Å². The summed E-state index contributed by atoms with van der Waals surface area (Å²) in [6.07, 6.45) is -4.63. The van der Waals surface area contributed by atoms with Crippen LogP contribution in [0.1, 0.15) is 12.5 Å². The molecule has 0 saturated heterocycles. The van der Waals surface area contributed by atoms with Crippen molar-refractivity contribution in [1.29, 1.82) is 0 Å². The number of carbonyl (C=O) groups is 2. The molecule has 0 heterocycles. The molecule has 0 aliphatic heterocycles. The van der Waals surface area contributed by atoms with Gasteiger partial charge in [-0.25, -0.2) is 12.7 Å². The van der Waals surface area contributed by atoms with Crippen LogP contribution in [0.15, 0.2) is 53.4 Å². The van der Waals surface area contributed by atoms with Crippen molar-refractivity contribution in [1.82, 2.24) is 9.21 Å². The van der Waals surface area contributed by atoms with E-state index in [1.54, 1.807) is 0 Å². The first-order valence-corrected chi connectivity index (χ1v) is 11.2. The second-order valence-electron chi connectivity index (χ2n) is 7.49. The second-order valence-corrected chi connectivity index (χ2v) is 9.64. The standard InChI is InChI=1S/C21H25F3N4O4S/c1-14(20(30)25-15-8-7-9-16(12-15)33(31,32)27(2)3)28(4)13-19(29)26-18-11-6-5-10-17(18)21(22,23)24/h5-12,14H,13H2,1-4H3,(H,25,30)(H,26,29)/t14-/m0/s1. The molecule has 0 fully saturated rings. The highest BCUT2D eigenvalue weighted by molar-refractivity contribution is 7.89. The van der Waals surface area contributed by atoms with Crippen LogP contribution in [0.25, 0.3) is 0 Å². The van der Waals surface area contributed by atoms with Crippen LogP contribution in [0.3, 0.4) is 0 Å². The van der Waals surface area contributed by atoms with E-state index in [0.29, 0.717) is 0 Å². The number of benzene rings is 2. The van der Waals surface area contributed by atoms with Gasteiger partial charge in [-0.1, -0.05) is 18.2 Å². The van der Waals surface area contributed by atoms with E-state index in [4.69, 9.17) is 0 Å². The van der Waals surface area contributed by atoms with Crippen molar-refractivity contribution >= 4 is 33.2 Å². The third-order valence-electron chi connectivity index (χ3n) is 4.82. The molecular weight excluding hydrogens is 461 g/mol. The third kappa shape index (κ3) is 6.76. The highest BCUT2D eigenvalue weighted by Crippen LogP contribution is 2.34. The summed E-state index contributed by atoms with van der Waals surface area (Å²) in [5, 5.41) is 4.80. The molecule has 33 heavy (non-hydrogen) atoms. The zero-order chi connectivity index (χ0) is 25.0. The summed E-state index contributed by atoms with van der Waals surface area (Å²) in [7, 11) is 0.541. The van der Waals surface area contributed by atoms with E-state index in [-0.39, 0.29) is 22.8 Å². The Morgan fingerprint density at radius 2 is 1.64 bits per heavy atom. The number of rotatable bonds is 8. The zero-order valence-electron chi connectivity index (χ0n) is 18.5. The van der Waals surface area contributed by atoms with Crippen LogP contribution >= 0.6 is 0 Å². The number of amides is 2. The van der Waals surface area contributed by atoms with Crippen LogP contribution in [0.4, 0.5) is 24.5 Å². The van der Waals surface area contributed by atoms with Gasteiger partial charge in [0.15, 0.2) is 0 Å². The van der Waals surface area contributed by atoms with Crippen molar-refractivity contribution in [2.75, 3.05) is 38.3 Å². The minimum absolute atomic E-state index is 0.00554. The Kier molecular flexibility index (Phi) is 8.22. The number of hydrogen-bond acceptors (Lipinski definition) is 5. The number of halogens is 3. The fraction of sp³-hybridized carbons (Fsp3) is 0.333. The lowest BCUT2D eigenvalue weighted by atomic mass is 10.1. The van der Waals surface area contributed by atoms with Crippen LogP contribution in [0.2, 0.25) is 0 Å². The van der Waals surface area contributed by atoms with Crippen molar-refractivity contribution in [3.05, 3.63) is 54.1 Å². The molecule has 0 aliphatic rings. The van der Waals surface area contributed by atoms with Crippen LogP contribution in [0, 0.1) is 0 Å². The van der Waals surface area contributed by atoms with E-state index < -0.39 is 39.6 Å². The van der Waals surface area contributed by atoms with Gasteiger partial charge in [-0.3, -0.25) is 14.5 Å². The lowest BCUT2D eigenvalue weighted by molar-refractivity contribution is -0.137. The molecule has 2 aromatic carbocycles. The van der Waals surface area contributed by atoms with E-state index >= 15 is 0 Å². The number of anilines is 2. The smallest absolute Gasteiger partial charge is 0.325 e. The Balaban J connectivity index is 2.04. The number of alkyl halides is 3. The summed E-state index contributed by atoms with van der Waals surface area (Å²) in [5.41, 5.74) is -1.11. The van der Waals surface area contributed by atoms with Gasteiger partial charge in [0, 0.05) is 19.8 Å². The molecule has 2 amide bonds. The molecule has 0 unspecified atom stereocenters. The van der Waals surface area contributed by atoms with Crippen LogP contribution in [0.5, 0.6) is 0 Å². The molecule has 0 saturated carbocycles. The van der Waals surface area contributed by atoms with Crippen molar-refractivity contribution in [3.63, 3.8) is 0 Å². The van der Waals surface area contributed by atoms with Crippen LogP contribution < -0.4 is 10.6 Å². The topological polar surface area (TPSA) is 98.8 Å². The van der Waals surface area contributed by atoms with Gasteiger partial charge in [0.2, 0.25) is 21.8 Å². The quantitative estimate of drug-likeness (QED) is 0.598. The van der Waals surface area contributed by atoms with Crippen molar-refractivity contribution in [3.8, 4) is 0 Å². The summed E-state index contributed by atoms with van der Waals surface area (Å²) in [6.45, 7) is 1.16. The summed E-state index contributed by atoms with van der Waals surface area (Å²) in [4.78, 5) is 26.2. The Bertz CT molecular complexity index is 1120. The Labute approximate surface area is 190 Å². The molecule has 12 heteroatoms. The first-order chi connectivity index (χ1) is 15.2.